The predicted octanol–water partition coefficient (Wildman–Crippen LogP) is 1.17. The van der Waals surface area contributed by atoms with Gasteiger partial charge in [0, 0.05) is 19.3 Å². The van der Waals surface area contributed by atoms with Crippen LogP contribution in [-0.2, 0) is 10.0 Å². The highest BCUT2D eigenvalue weighted by molar-refractivity contribution is 7.92. The van der Waals surface area contributed by atoms with Gasteiger partial charge in [0.2, 0.25) is 0 Å². The van der Waals surface area contributed by atoms with Crippen LogP contribution >= 0.6 is 0 Å². The zero-order valence-electron chi connectivity index (χ0n) is 13.6. The van der Waals surface area contributed by atoms with Crippen molar-refractivity contribution in [2.45, 2.75) is 4.90 Å². The minimum absolute atomic E-state index is 0.0730. The monoisotopic (exact) mass is 348 g/mol. The Hall–Kier alpha value is -2.45. The van der Waals surface area contributed by atoms with Gasteiger partial charge >= 0.3 is 0 Å². The number of hydrogen-bond donors (Lipinski definition) is 2. The SMILES string of the molecule is CN(C)CCNC(=O)c1ccccc1S(=O)(=O)Nc1cccnc1. The maximum Gasteiger partial charge on any atom is 0.262 e. The van der Waals surface area contributed by atoms with Crippen LogP contribution in [0.5, 0.6) is 0 Å². The summed E-state index contributed by atoms with van der Waals surface area (Å²) in [6.07, 6.45) is 2.95. The van der Waals surface area contributed by atoms with Crippen molar-refractivity contribution in [1.82, 2.24) is 15.2 Å². The number of hydrogen-bond acceptors (Lipinski definition) is 5. The fourth-order valence-corrected chi connectivity index (χ4v) is 3.26. The molecule has 8 heteroatoms. The Morgan fingerprint density at radius 2 is 1.92 bits per heavy atom. The Bertz CT molecular complexity index is 792. The maximum atomic E-state index is 12.6. The number of aromatic nitrogens is 1. The van der Waals surface area contributed by atoms with Gasteiger partial charge in [-0.2, -0.15) is 0 Å². The predicted molar refractivity (Wildman–Crippen MR) is 92.4 cm³/mol. The van der Waals surface area contributed by atoms with Gasteiger partial charge in [0.05, 0.1) is 17.4 Å². The molecule has 0 bridgehead atoms. The minimum Gasteiger partial charge on any atom is -0.351 e. The van der Waals surface area contributed by atoms with E-state index in [-0.39, 0.29) is 10.5 Å². The number of nitrogens with zero attached hydrogens (tertiary/aromatic N) is 2. The molecule has 128 valence electrons. The number of amides is 1. The van der Waals surface area contributed by atoms with Crippen molar-refractivity contribution in [3.8, 4) is 0 Å². The van der Waals surface area contributed by atoms with E-state index in [0.29, 0.717) is 18.8 Å². The minimum atomic E-state index is -3.89. The second-order valence-electron chi connectivity index (χ2n) is 5.40. The van der Waals surface area contributed by atoms with Crippen LogP contribution in [-0.4, -0.2) is 51.4 Å². The summed E-state index contributed by atoms with van der Waals surface area (Å²) in [5, 5.41) is 2.72. The number of likely N-dealkylation sites (N-methyl/N-ethyl adjacent to an activating group) is 1. The first kappa shape index (κ1) is 17.9. The Balaban J connectivity index is 2.22. The fraction of sp³-hybridized carbons (Fsp3) is 0.250. The second-order valence-corrected chi connectivity index (χ2v) is 7.05. The van der Waals surface area contributed by atoms with E-state index in [2.05, 4.69) is 15.0 Å². The second kappa shape index (κ2) is 7.89. The van der Waals surface area contributed by atoms with Crippen LogP contribution in [0.2, 0.25) is 0 Å². The van der Waals surface area contributed by atoms with E-state index in [1.165, 1.54) is 18.3 Å². The van der Waals surface area contributed by atoms with Gasteiger partial charge in [-0.15, -0.1) is 0 Å². The molecule has 1 aromatic carbocycles. The molecule has 0 spiro atoms. The number of sulfonamides is 1. The number of nitrogens with one attached hydrogen (secondary N) is 2. The molecular formula is C16H20N4O3S. The quantitative estimate of drug-likeness (QED) is 0.784. The smallest absolute Gasteiger partial charge is 0.262 e. The fourth-order valence-electron chi connectivity index (χ4n) is 2.01. The highest BCUT2D eigenvalue weighted by Gasteiger charge is 2.22. The summed E-state index contributed by atoms with van der Waals surface area (Å²) in [6.45, 7) is 1.09. The lowest BCUT2D eigenvalue weighted by molar-refractivity contribution is 0.0947. The van der Waals surface area contributed by atoms with E-state index in [4.69, 9.17) is 0 Å². The normalized spacial score (nSPS) is 11.3. The van der Waals surface area contributed by atoms with E-state index >= 15 is 0 Å². The molecule has 0 fully saturated rings. The molecule has 0 aliphatic carbocycles. The Morgan fingerprint density at radius 1 is 1.17 bits per heavy atom. The summed E-state index contributed by atoms with van der Waals surface area (Å²) in [7, 11) is -0.109. The summed E-state index contributed by atoms with van der Waals surface area (Å²) >= 11 is 0. The lowest BCUT2D eigenvalue weighted by atomic mass is 10.2. The third-order valence-corrected chi connectivity index (χ3v) is 4.62. The summed E-state index contributed by atoms with van der Waals surface area (Å²) in [6, 6.07) is 9.31. The molecule has 0 aliphatic heterocycles. The van der Waals surface area contributed by atoms with Gasteiger partial charge in [-0.25, -0.2) is 8.42 Å². The van der Waals surface area contributed by atoms with E-state index in [9.17, 15) is 13.2 Å². The Labute approximate surface area is 141 Å². The number of carbonyl (C=O) groups excluding carboxylic acids is 1. The van der Waals surface area contributed by atoms with Crippen molar-refractivity contribution in [2.75, 3.05) is 31.9 Å². The zero-order valence-corrected chi connectivity index (χ0v) is 14.4. The summed E-state index contributed by atoms with van der Waals surface area (Å²) < 4.78 is 27.6. The largest absolute Gasteiger partial charge is 0.351 e. The average Bonchev–Trinajstić information content (AvgIpc) is 2.55. The van der Waals surface area contributed by atoms with E-state index in [0.717, 1.165) is 0 Å². The van der Waals surface area contributed by atoms with Gasteiger partial charge in [0.15, 0.2) is 0 Å². The molecule has 1 aromatic heterocycles. The molecule has 0 radical (unpaired) electrons. The molecule has 2 N–H and O–H groups in total. The highest BCUT2D eigenvalue weighted by atomic mass is 32.2. The van der Waals surface area contributed by atoms with Crippen LogP contribution < -0.4 is 10.0 Å². The van der Waals surface area contributed by atoms with Crippen LogP contribution in [0.1, 0.15) is 10.4 Å². The van der Waals surface area contributed by atoms with E-state index in [1.807, 2.05) is 19.0 Å². The molecule has 0 saturated carbocycles. The van der Waals surface area contributed by atoms with Gasteiger partial charge in [-0.1, -0.05) is 12.1 Å². The lowest BCUT2D eigenvalue weighted by Gasteiger charge is -2.13. The van der Waals surface area contributed by atoms with Gasteiger partial charge in [0.1, 0.15) is 4.90 Å². The Morgan fingerprint density at radius 3 is 2.58 bits per heavy atom. The lowest BCUT2D eigenvalue weighted by Crippen LogP contribution is -2.32. The molecule has 0 unspecified atom stereocenters. The first-order chi connectivity index (χ1) is 11.4. The van der Waals surface area contributed by atoms with Gasteiger partial charge in [-0.05, 0) is 38.4 Å². The number of pyridine rings is 1. The molecule has 0 atom stereocenters. The van der Waals surface area contributed by atoms with Gasteiger partial charge in [0.25, 0.3) is 15.9 Å². The first-order valence-electron chi connectivity index (χ1n) is 7.35. The van der Waals surface area contributed by atoms with Crippen molar-refractivity contribution < 1.29 is 13.2 Å². The average molecular weight is 348 g/mol. The van der Waals surface area contributed by atoms with Gasteiger partial charge < -0.3 is 10.2 Å². The van der Waals surface area contributed by atoms with Crippen LogP contribution in [0, 0.1) is 0 Å². The van der Waals surface area contributed by atoms with Crippen LogP contribution in [0.3, 0.4) is 0 Å². The highest BCUT2D eigenvalue weighted by Crippen LogP contribution is 2.19. The number of benzene rings is 1. The summed E-state index contributed by atoms with van der Waals surface area (Å²) in [4.78, 5) is 18.0. The van der Waals surface area contributed by atoms with Crippen LogP contribution in [0.25, 0.3) is 0 Å². The standard InChI is InChI=1S/C16H20N4O3S/c1-20(2)11-10-18-16(21)14-7-3-4-8-15(14)24(22,23)19-13-6-5-9-17-12-13/h3-9,12,19H,10-11H2,1-2H3,(H,18,21). The third-order valence-electron chi connectivity index (χ3n) is 3.18. The van der Waals surface area contributed by atoms with Crippen molar-refractivity contribution in [3.63, 3.8) is 0 Å². The molecule has 1 amide bonds. The maximum absolute atomic E-state index is 12.6. The Kier molecular flexibility index (Phi) is 5.88. The molecule has 0 aliphatic rings. The number of rotatable bonds is 7. The third kappa shape index (κ3) is 4.77. The van der Waals surface area contributed by atoms with Crippen LogP contribution in [0.4, 0.5) is 5.69 Å². The molecule has 24 heavy (non-hydrogen) atoms. The molecule has 2 aromatic rings. The zero-order chi connectivity index (χ0) is 17.6. The van der Waals surface area contributed by atoms with Crippen molar-refractivity contribution in [3.05, 3.63) is 54.4 Å². The van der Waals surface area contributed by atoms with Crippen molar-refractivity contribution in [2.24, 2.45) is 0 Å². The molecule has 7 nitrogen and oxygen atoms in total. The van der Waals surface area contributed by atoms with Crippen molar-refractivity contribution in [1.29, 1.82) is 0 Å². The molecular weight excluding hydrogens is 328 g/mol. The summed E-state index contributed by atoms with van der Waals surface area (Å²) in [5.74, 6) is -0.427. The molecule has 0 saturated heterocycles. The van der Waals surface area contributed by atoms with Crippen molar-refractivity contribution >= 4 is 21.6 Å². The first-order valence-corrected chi connectivity index (χ1v) is 8.83. The van der Waals surface area contributed by atoms with E-state index < -0.39 is 15.9 Å². The topological polar surface area (TPSA) is 91.4 Å². The van der Waals surface area contributed by atoms with Crippen LogP contribution in [0.15, 0.2) is 53.7 Å². The number of carbonyl (C=O) groups is 1. The number of anilines is 1. The van der Waals surface area contributed by atoms with Gasteiger partial charge in [-0.3, -0.25) is 14.5 Å². The van der Waals surface area contributed by atoms with E-state index in [1.54, 1.807) is 30.5 Å². The molecule has 1 heterocycles. The summed E-state index contributed by atoms with van der Waals surface area (Å²) in [5.41, 5.74) is 0.438. The molecule has 2 rings (SSSR count).